The molecule has 0 saturated heterocycles. The van der Waals surface area contributed by atoms with Crippen LogP contribution in [-0.4, -0.2) is 19.1 Å². The van der Waals surface area contributed by atoms with Crippen LogP contribution >= 0.6 is 0 Å². The molecule has 0 radical (unpaired) electrons. The maximum absolute atomic E-state index is 10.7. The zero-order chi connectivity index (χ0) is 13.5. The van der Waals surface area contributed by atoms with Gasteiger partial charge in [0.05, 0.1) is 13.2 Å². The van der Waals surface area contributed by atoms with Crippen molar-refractivity contribution >= 4 is 12.0 Å². The molecule has 1 atom stereocenters. The standard InChI is InChI=1S/C14H19NO3/c1-4-10(2)18-12-7-5-11(6-8-14(15)16)9-13(12)17-3/h5-10H,4H2,1-3H3,(H2,15,16)/b8-6+/t10-/m1/s1. The molecule has 1 rings (SSSR count). The fraction of sp³-hybridized carbons (Fsp3) is 0.357. The van der Waals surface area contributed by atoms with Crippen molar-refractivity contribution in [3.8, 4) is 11.5 Å². The molecule has 0 aliphatic heterocycles. The van der Waals surface area contributed by atoms with Crippen molar-refractivity contribution in [2.75, 3.05) is 7.11 Å². The van der Waals surface area contributed by atoms with Crippen molar-refractivity contribution in [2.45, 2.75) is 26.4 Å². The van der Waals surface area contributed by atoms with Crippen LogP contribution in [0.4, 0.5) is 0 Å². The van der Waals surface area contributed by atoms with Gasteiger partial charge in [0.2, 0.25) is 5.91 Å². The van der Waals surface area contributed by atoms with Crippen LogP contribution in [0.5, 0.6) is 11.5 Å². The van der Waals surface area contributed by atoms with Crippen LogP contribution in [-0.2, 0) is 4.79 Å². The van der Waals surface area contributed by atoms with Crippen LogP contribution in [0.3, 0.4) is 0 Å². The summed E-state index contributed by atoms with van der Waals surface area (Å²) in [5, 5.41) is 0. The molecule has 4 heteroatoms. The molecular weight excluding hydrogens is 230 g/mol. The monoisotopic (exact) mass is 249 g/mol. The van der Waals surface area contributed by atoms with E-state index in [1.165, 1.54) is 6.08 Å². The summed E-state index contributed by atoms with van der Waals surface area (Å²) in [7, 11) is 1.58. The number of ether oxygens (including phenoxy) is 2. The number of methoxy groups -OCH3 is 1. The number of primary amides is 1. The lowest BCUT2D eigenvalue weighted by Crippen LogP contribution is -2.10. The van der Waals surface area contributed by atoms with Crippen molar-refractivity contribution in [1.29, 1.82) is 0 Å². The minimum atomic E-state index is -0.478. The summed E-state index contributed by atoms with van der Waals surface area (Å²) in [6, 6.07) is 5.47. The fourth-order valence-electron chi connectivity index (χ4n) is 1.36. The third-order valence-corrected chi connectivity index (χ3v) is 2.53. The lowest BCUT2D eigenvalue weighted by Gasteiger charge is -2.15. The van der Waals surface area contributed by atoms with Gasteiger partial charge in [-0.2, -0.15) is 0 Å². The highest BCUT2D eigenvalue weighted by Gasteiger charge is 2.08. The quantitative estimate of drug-likeness (QED) is 0.787. The predicted octanol–water partition coefficient (Wildman–Crippen LogP) is 2.37. The minimum absolute atomic E-state index is 0.130. The Morgan fingerprint density at radius 3 is 2.72 bits per heavy atom. The number of carbonyl (C=O) groups excluding carboxylic acids is 1. The Labute approximate surface area is 107 Å². The maximum atomic E-state index is 10.7. The lowest BCUT2D eigenvalue weighted by molar-refractivity contribution is -0.113. The number of hydrogen-bond donors (Lipinski definition) is 1. The molecule has 1 aromatic rings. The van der Waals surface area contributed by atoms with E-state index in [1.807, 2.05) is 19.1 Å². The summed E-state index contributed by atoms with van der Waals surface area (Å²) in [5.74, 6) is 0.860. The molecule has 1 aromatic carbocycles. The lowest BCUT2D eigenvalue weighted by atomic mass is 10.2. The number of carbonyl (C=O) groups is 1. The van der Waals surface area contributed by atoms with Gasteiger partial charge in [0.1, 0.15) is 0 Å². The summed E-state index contributed by atoms with van der Waals surface area (Å²) in [5.41, 5.74) is 5.88. The fourth-order valence-corrected chi connectivity index (χ4v) is 1.36. The summed E-state index contributed by atoms with van der Waals surface area (Å²) >= 11 is 0. The van der Waals surface area contributed by atoms with Crippen molar-refractivity contribution in [2.24, 2.45) is 5.73 Å². The topological polar surface area (TPSA) is 61.5 Å². The summed E-state index contributed by atoms with van der Waals surface area (Å²) < 4.78 is 11.0. The Balaban J connectivity index is 2.92. The first-order valence-corrected chi connectivity index (χ1v) is 5.89. The van der Waals surface area contributed by atoms with Gasteiger partial charge in [-0.15, -0.1) is 0 Å². The zero-order valence-corrected chi connectivity index (χ0v) is 11.0. The maximum Gasteiger partial charge on any atom is 0.241 e. The minimum Gasteiger partial charge on any atom is -0.493 e. The van der Waals surface area contributed by atoms with Gasteiger partial charge in [-0.1, -0.05) is 13.0 Å². The first-order chi connectivity index (χ1) is 8.56. The second kappa shape index (κ2) is 6.69. The van der Waals surface area contributed by atoms with Crippen LogP contribution in [0.2, 0.25) is 0 Å². The van der Waals surface area contributed by atoms with E-state index in [-0.39, 0.29) is 6.10 Å². The van der Waals surface area contributed by atoms with Gasteiger partial charge in [-0.05, 0) is 37.1 Å². The average molecular weight is 249 g/mol. The van der Waals surface area contributed by atoms with Crippen LogP contribution < -0.4 is 15.2 Å². The Kier molecular flexibility index (Phi) is 5.24. The van der Waals surface area contributed by atoms with E-state index in [1.54, 1.807) is 19.3 Å². The van der Waals surface area contributed by atoms with Crippen molar-refractivity contribution in [3.05, 3.63) is 29.8 Å². The molecule has 0 aliphatic carbocycles. The van der Waals surface area contributed by atoms with Crippen LogP contribution in [0.15, 0.2) is 24.3 Å². The molecule has 0 aromatic heterocycles. The SMILES string of the molecule is CC[C@@H](C)Oc1ccc(/C=C/C(N)=O)cc1OC. The first-order valence-electron chi connectivity index (χ1n) is 5.89. The van der Waals surface area contributed by atoms with Gasteiger partial charge in [0.15, 0.2) is 11.5 Å². The van der Waals surface area contributed by atoms with Crippen LogP contribution in [0, 0.1) is 0 Å². The van der Waals surface area contributed by atoms with Gasteiger partial charge in [0.25, 0.3) is 0 Å². The molecule has 0 saturated carbocycles. The molecule has 18 heavy (non-hydrogen) atoms. The molecule has 1 amide bonds. The molecule has 0 fully saturated rings. The highest BCUT2D eigenvalue weighted by molar-refractivity contribution is 5.90. The number of hydrogen-bond acceptors (Lipinski definition) is 3. The smallest absolute Gasteiger partial charge is 0.241 e. The summed E-state index contributed by atoms with van der Waals surface area (Å²) in [4.78, 5) is 10.7. The predicted molar refractivity (Wildman–Crippen MR) is 71.6 cm³/mol. The Morgan fingerprint density at radius 1 is 1.44 bits per heavy atom. The number of amides is 1. The molecule has 0 unspecified atom stereocenters. The molecule has 4 nitrogen and oxygen atoms in total. The number of nitrogens with two attached hydrogens (primary N) is 1. The number of benzene rings is 1. The highest BCUT2D eigenvalue weighted by atomic mass is 16.5. The van der Waals surface area contributed by atoms with Crippen molar-refractivity contribution in [1.82, 2.24) is 0 Å². The summed E-state index contributed by atoms with van der Waals surface area (Å²) in [6.07, 6.45) is 4.00. The molecule has 0 spiro atoms. The molecule has 98 valence electrons. The molecule has 0 heterocycles. The Bertz CT molecular complexity index is 441. The van der Waals surface area contributed by atoms with E-state index in [2.05, 4.69) is 6.92 Å². The number of rotatable bonds is 6. The van der Waals surface area contributed by atoms with Crippen molar-refractivity contribution < 1.29 is 14.3 Å². The summed E-state index contributed by atoms with van der Waals surface area (Å²) in [6.45, 7) is 4.06. The Hall–Kier alpha value is -1.97. The average Bonchev–Trinajstić information content (AvgIpc) is 2.37. The van der Waals surface area contributed by atoms with E-state index in [4.69, 9.17) is 15.2 Å². The molecule has 0 aliphatic rings. The van der Waals surface area contributed by atoms with Gasteiger partial charge in [-0.3, -0.25) is 4.79 Å². The van der Waals surface area contributed by atoms with E-state index < -0.39 is 5.91 Å². The highest BCUT2D eigenvalue weighted by Crippen LogP contribution is 2.29. The van der Waals surface area contributed by atoms with E-state index in [0.29, 0.717) is 11.5 Å². The van der Waals surface area contributed by atoms with Crippen LogP contribution in [0.1, 0.15) is 25.8 Å². The molecule has 2 N–H and O–H groups in total. The Morgan fingerprint density at radius 2 is 2.17 bits per heavy atom. The third-order valence-electron chi connectivity index (χ3n) is 2.53. The van der Waals surface area contributed by atoms with E-state index in [0.717, 1.165) is 12.0 Å². The third kappa shape index (κ3) is 4.13. The van der Waals surface area contributed by atoms with E-state index in [9.17, 15) is 4.79 Å². The zero-order valence-electron chi connectivity index (χ0n) is 11.0. The van der Waals surface area contributed by atoms with Crippen molar-refractivity contribution in [3.63, 3.8) is 0 Å². The van der Waals surface area contributed by atoms with Gasteiger partial charge < -0.3 is 15.2 Å². The van der Waals surface area contributed by atoms with E-state index >= 15 is 0 Å². The molecule has 0 bridgehead atoms. The second-order valence-corrected chi connectivity index (χ2v) is 3.98. The first kappa shape index (κ1) is 14.1. The normalized spacial score (nSPS) is 12.4. The molecular formula is C14H19NO3. The van der Waals surface area contributed by atoms with Gasteiger partial charge in [0, 0.05) is 6.08 Å². The van der Waals surface area contributed by atoms with Gasteiger partial charge >= 0.3 is 0 Å². The largest absolute Gasteiger partial charge is 0.493 e. The van der Waals surface area contributed by atoms with Gasteiger partial charge in [-0.25, -0.2) is 0 Å². The second-order valence-electron chi connectivity index (χ2n) is 3.98. The van der Waals surface area contributed by atoms with Crippen LogP contribution in [0.25, 0.3) is 6.08 Å².